The Balaban J connectivity index is 1.48. The molecule has 9 nitrogen and oxygen atoms in total. The van der Waals surface area contributed by atoms with Gasteiger partial charge in [-0.25, -0.2) is 28.2 Å². The van der Waals surface area contributed by atoms with Gasteiger partial charge in [0.1, 0.15) is 21.9 Å². The fourth-order valence-corrected chi connectivity index (χ4v) is 3.79. The molecule has 0 saturated heterocycles. The second-order valence-corrected chi connectivity index (χ2v) is 8.00. The molecule has 0 aromatic carbocycles. The van der Waals surface area contributed by atoms with Gasteiger partial charge in [-0.1, -0.05) is 6.07 Å². The lowest BCUT2D eigenvalue weighted by atomic mass is 10.2. The minimum absolute atomic E-state index is 0.150. The van der Waals surface area contributed by atoms with Crippen LogP contribution in [0.3, 0.4) is 0 Å². The van der Waals surface area contributed by atoms with E-state index in [-0.39, 0.29) is 29.7 Å². The van der Waals surface area contributed by atoms with Crippen LogP contribution in [0, 0.1) is 0 Å². The highest BCUT2D eigenvalue weighted by molar-refractivity contribution is 7.09. The Morgan fingerprint density at radius 2 is 2.03 bits per heavy atom. The Hall–Kier alpha value is -4.32. The van der Waals surface area contributed by atoms with Gasteiger partial charge in [-0.2, -0.15) is 0 Å². The predicted molar refractivity (Wildman–Crippen MR) is 122 cm³/mol. The molecular weight excluding hydrogens is 462 g/mol. The average Bonchev–Trinajstić information content (AvgIpc) is 3.55. The summed E-state index contributed by atoms with van der Waals surface area (Å²) in [5.41, 5.74) is 1.24. The van der Waals surface area contributed by atoms with E-state index in [0.29, 0.717) is 22.6 Å². The van der Waals surface area contributed by atoms with E-state index in [9.17, 15) is 13.6 Å². The number of pyridine rings is 2. The summed E-state index contributed by atoms with van der Waals surface area (Å²) in [7, 11) is 0. The fourth-order valence-electron chi connectivity index (χ4n) is 3.24. The average molecular weight is 478 g/mol. The number of aromatic nitrogens is 6. The Morgan fingerprint density at radius 1 is 1.12 bits per heavy atom. The Bertz CT molecular complexity index is 1450. The van der Waals surface area contributed by atoms with Gasteiger partial charge in [-0.05, 0) is 30.3 Å². The second kappa shape index (κ2) is 9.27. The lowest BCUT2D eigenvalue weighted by Crippen LogP contribution is -2.23. The number of fused-ring (bicyclic) bond motifs is 1. The van der Waals surface area contributed by atoms with E-state index >= 15 is 0 Å². The third-order valence-corrected chi connectivity index (χ3v) is 5.60. The molecule has 0 aliphatic heterocycles. The summed E-state index contributed by atoms with van der Waals surface area (Å²) in [4.78, 5) is 29.5. The third kappa shape index (κ3) is 4.43. The van der Waals surface area contributed by atoms with Crippen LogP contribution in [0.4, 0.5) is 20.3 Å². The van der Waals surface area contributed by atoms with E-state index in [1.165, 1.54) is 29.7 Å². The van der Waals surface area contributed by atoms with Crippen LogP contribution in [-0.4, -0.2) is 35.5 Å². The van der Waals surface area contributed by atoms with E-state index in [0.717, 1.165) is 5.01 Å². The van der Waals surface area contributed by atoms with Crippen molar-refractivity contribution in [3.05, 3.63) is 82.8 Å². The molecule has 0 saturated carbocycles. The van der Waals surface area contributed by atoms with Crippen molar-refractivity contribution in [2.24, 2.45) is 0 Å². The van der Waals surface area contributed by atoms with Crippen molar-refractivity contribution in [1.82, 2.24) is 34.9 Å². The molecule has 0 atom stereocenters. The van der Waals surface area contributed by atoms with Gasteiger partial charge in [-0.15, -0.1) is 16.4 Å². The zero-order valence-corrected chi connectivity index (χ0v) is 18.2. The van der Waals surface area contributed by atoms with Crippen LogP contribution in [0.15, 0.2) is 66.6 Å². The first kappa shape index (κ1) is 21.5. The summed E-state index contributed by atoms with van der Waals surface area (Å²) in [5, 5.41) is 13.0. The van der Waals surface area contributed by atoms with Crippen molar-refractivity contribution < 1.29 is 13.6 Å². The monoisotopic (exact) mass is 478 g/mol. The highest BCUT2D eigenvalue weighted by Gasteiger charge is 2.17. The number of carbonyl (C=O) groups excluding carboxylic acids is 1. The normalized spacial score (nSPS) is 11.1. The van der Waals surface area contributed by atoms with Gasteiger partial charge >= 0.3 is 0 Å². The first-order valence-electron chi connectivity index (χ1n) is 10.1. The third-order valence-electron chi connectivity index (χ3n) is 4.82. The topological polar surface area (TPSA) is 110 Å². The van der Waals surface area contributed by atoms with Gasteiger partial charge < -0.3 is 10.6 Å². The molecular formula is C22H16F2N8OS. The van der Waals surface area contributed by atoms with Crippen molar-refractivity contribution >= 4 is 34.3 Å². The summed E-state index contributed by atoms with van der Waals surface area (Å²) < 4.78 is 27.8. The van der Waals surface area contributed by atoms with Crippen LogP contribution < -0.4 is 10.6 Å². The maximum Gasteiger partial charge on any atom is 0.280 e. The molecule has 0 unspecified atom stereocenters. The number of hydrogen-bond donors (Lipinski definition) is 2. The maximum atomic E-state index is 13.1. The molecule has 5 heterocycles. The van der Waals surface area contributed by atoms with Gasteiger partial charge in [-0.3, -0.25) is 9.78 Å². The van der Waals surface area contributed by atoms with Crippen molar-refractivity contribution in [3.8, 4) is 11.5 Å². The molecule has 12 heteroatoms. The molecule has 0 aliphatic rings. The SMILES string of the molecule is O=C(NCc1nccs1)c1cnccc1Nc1nc(-c2cccc(C(F)F)n2)nn2cccc12. The zero-order valence-electron chi connectivity index (χ0n) is 17.4. The molecule has 34 heavy (non-hydrogen) atoms. The molecule has 5 rings (SSSR count). The summed E-state index contributed by atoms with van der Waals surface area (Å²) in [5.74, 6) is 0.190. The van der Waals surface area contributed by atoms with E-state index in [1.807, 2.05) is 5.38 Å². The standard InChI is InChI=1S/C22H16F2N8OS/c23-19(24)15-3-1-4-16(28-15)20-30-21(17-5-2-9-32(17)31-20)29-14-6-7-25-11-13(14)22(33)27-12-18-26-8-10-34-18/h1-11,19H,12H2,(H,27,33)(H,25,29,30,31). The minimum atomic E-state index is -2.71. The van der Waals surface area contributed by atoms with Gasteiger partial charge in [0.2, 0.25) is 5.82 Å². The van der Waals surface area contributed by atoms with Crippen LogP contribution in [0.25, 0.3) is 17.0 Å². The largest absolute Gasteiger partial charge is 0.345 e. The van der Waals surface area contributed by atoms with Crippen LogP contribution in [-0.2, 0) is 6.54 Å². The van der Waals surface area contributed by atoms with Gasteiger partial charge in [0.25, 0.3) is 12.3 Å². The molecule has 5 aromatic heterocycles. The summed E-state index contributed by atoms with van der Waals surface area (Å²) >= 11 is 1.44. The number of alkyl halides is 2. The first-order valence-corrected chi connectivity index (χ1v) is 10.9. The molecule has 0 fully saturated rings. The van der Waals surface area contributed by atoms with Crippen molar-refractivity contribution in [3.63, 3.8) is 0 Å². The van der Waals surface area contributed by atoms with Gasteiger partial charge in [0.15, 0.2) is 5.82 Å². The molecule has 0 radical (unpaired) electrons. The summed E-state index contributed by atoms with van der Waals surface area (Å²) in [6.45, 7) is 0.289. The second-order valence-electron chi connectivity index (χ2n) is 7.03. The molecule has 5 aromatic rings. The molecule has 0 aliphatic carbocycles. The van der Waals surface area contributed by atoms with E-state index in [2.05, 4.69) is 35.7 Å². The quantitative estimate of drug-likeness (QED) is 0.360. The van der Waals surface area contributed by atoms with E-state index in [1.54, 1.807) is 47.4 Å². The number of thiazole rings is 1. The van der Waals surface area contributed by atoms with Crippen LogP contribution in [0.2, 0.25) is 0 Å². The smallest absolute Gasteiger partial charge is 0.280 e. The van der Waals surface area contributed by atoms with Gasteiger partial charge in [0.05, 0.1) is 17.8 Å². The van der Waals surface area contributed by atoms with Crippen LogP contribution >= 0.6 is 11.3 Å². The van der Waals surface area contributed by atoms with Crippen molar-refractivity contribution in [1.29, 1.82) is 0 Å². The number of halogens is 2. The zero-order chi connectivity index (χ0) is 23.5. The minimum Gasteiger partial charge on any atom is -0.345 e. The highest BCUT2D eigenvalue weighted by atomic mass is 32.1. The lowest BCUT2D eigenvalue weighted by molar-refractivity contribution is 0.0951. The van der Waals surface area contributed by atoms with Crippen LogP contribution in [0.5, 0.6) is 0 Å². The Kier molecular flexibility index (Phi) is 5.87. The Labute approximate surface area is 195 Å². The fraction of sp³-hybridized carbons (Fsp3) is 0.0909. The van der Waals surface area contributed by atoms with E-state index in [4.69, 9.17) is 0 Å². The molecule has 0 bridgehead atoms. The summed E-state index contributed by atoms with van der Waals surface area (Å²) in [6.07, 6.45) is 3.66. The number of rotatable bonds is 7. The summed E-state index contributed by atoms with van der Waals surface area (Å²) in [6, 6.07) is 9.50. The van der Waals surface area contributed by atoms with Gasteiger partial charge in [0, 0.05) is 30.2 Å². The number of nitrogens with one attached hydrogen (secondary N) is 2. The highest BCUT2D eigenvalue weighted by Crippen LogP contribution is 2.26. The van der Waals surface area contributed by atoms with Crippen molar-refractivity contribution in [2.75, 3.05) is 5.32 Å². The van der Waals surface area contributed by atoms with Crippen LogP contribution in [0.1, 0.15) is 27.5 Å². The lowest BCUT2D eigenvalue weighted by Gasteiger charge is -2.13. The molecule has 170 valence electrons. The maximum absolute atomic E-state index is 13.1. The first-order chi connectivity index (χ1) is 16.6. The number of amides is 1. The number of carbonyl (C=O) groups is 1. The number of nitrogens with zero attached hydrogens (tertiary/aromatic N) is 6. The van der Waals surface area contributed by atoms with Crippen molar-refractivity contribution in [2.45, 2.75) is 13.0 Å². The molecule has 1 amide bonds. The predicted octanol–water partition coefficient (Wildman–Crippen LogP) is 4.25. The Morgan fingerprint density at radius 3 is 2.85 bits per heavy atom. The number of hydrogen-bond acceptors (Lipinski definition) is 8. The molecule has 2 N–H and O–H groups in total. The molecule has 0 spiro atoms. The van der Waals surface area contributed by atoms with E-state index < -0.39 is 6.43 Å². The number of anilines is 2.